The van der Waals surface area contributed by atoms with Gasteiger partial charge in [-0.15, -0.1) is 0 Å². The highest BCUT2D eigenvalue weighted by atomic mass is 16.5. The van der Waals surface area contributed by atoms with Gasteiger partial charge in [0.05, 0.1) is 11.3 Å². The van der Waals surface area contributed by atoms with E-state index in [9.17, 15) is 9.59 Å². The molecule has 0 atom stereocenters. The molecule has 5 nitrogen and oxygen atoms in total. The first-order valence-electron chi connectivity index (χ1n) is 8.57. The van der Waals surface area contributed by atoms with Gasteiger partial charge in [-0.05, 0) is 63.9 Å². The molecular weight excluding hydrogens is 328 g/mol. The molecule has 5 heteroatoms. The van der Waals surface area contributed by atoms with Crippen LogP contribution in [0.5, 0.6) is 5.75 Å². The Bertz CT molecular complexity index is 807. The highest BCUT2D eigenvalue weighted by Gasteiger charge is 2.18. The summed E-state index contributed by atoms with van der Waals surface area (Å²) in [5.74, 6) is 0.129. The van der Waals surface area contributed by atoms with Crippen molar-refractivity contribution in [2.45, 2.75) is 40.2 Å². The zero-order chi connectivity index (χ0) is 19.3. The first-order valence-corrected chi connectivity index (χ1v) is 8.57. The number of amides is 2. The average molecular weight is 354 g/mol. The summed E-state index contributed by atoms with van der Waals surface area (Å²) in [6, 6.07) is 12.8. The lowest BCUT2D eigenvalue weighted by Crippen LogP contribution is -2.41. The molecule has 138 valence electrons. The zero-order valence-corrected chi connectivity index (χ0v) is 16.0. The monoisotopic (exact) mass is 354 g/mol. The second-order valence-corrected chi connectivity index (χ2v) is 7.36. The van der Waals surface area contributed by atoms with Gasteiger partial charge in [0.2, 0.25) is 0 Å². The van der Waals surface area contributed by atoms with Crippen LogP contribution in [0.4, 0.5) is 5.69 Å². The van der Waals surface area contributed by atoms with E-state index in [0.717, 1.165) is 11.1 Å². The summed E-state index contributed by atoms with van der Waals surface area (Å²) in [6.07, 6.45) is 0. The number of hydrogen-bond acceptors (Lipinski definition) is 3. The number of benzene rings is 2. The van der Waals surface area contributed by atoms with Crippen LogP contribution in [-0.4, -0.2) is 24.0 Å². The van der Waals surface area contributed by atoms with Gasteiger partial charge in [0.1, 0.15) is 5.75 Å². The van der Waals surface area contributed by atoms with Gasteiger partial charge in [0.15, 0.2) is 6.61 Å². The summed E-state index contributed by atoms with van der Waals surface area (Å²) < 4.78 is 5.62. The van der Waals surface area contributed by atoms with E-state index in [1.54, 1.807) is 24.3 Å². The zero-order valence-electron chi connectivity index (χ0n) is 16.0. The lowest BCUT2D eigenvalue weighted by molar-refractivity contribution is -0.118. The number of aryl methyl sites for hydroxylation is 2. The summed E-state index contributed by atoms with van der Waals surface area (Å²) in [5, 5.41) is 5.66. The molecule has 0 radical (unpaired) electrons. The van der Waals surface area contributed by atoms with E-state index in [0.29, 0.717) is 17.0 Å². The molecule has 0 saturated carbocycles. The molecule has 2 N–H and O–H groups in total. The number of nitrogens with one attached hydrogen (secondary N) is 2. The fraction of sp³-hybridized carbons (Fsp3) is 0.333. The summed E-state index contributed by atoms with van der Waals surface area (Å²) >= 11 is 0. The second kappa shape index (κ2) is 8.04. The quantitative estimate of drug-likeness (QED) is 0.857. The topological polar surface area (TPSA) is 67.4 Å². The van der Waals surface area contributed by atoms with Crippen molar-refractivity contribution in [2.24, 2.45) is 0 Å². The number of hydrogen-bond donors (Lipinski definition) is 2. The fourth-order valence-electron chi connectivity index (χ4n) is 2.39. The molecule has 2 aromatic rings. The highest BCUT2D eigenvalue weighted by Crippen LogP contribution is 2.20. The summed E-state index contributed by atoms with van der Waals surface area (Å²) in [7, 11) is 0. The SMILES string of the molecule is Cc1ccc(C)c(OCC(=O)Nc2ccccc2C(=O)NC(C)(C)C)c1. The summed E-state index contributed by atoms with van der Waals surface area (Å²) in [5.41, 5.74) is 2.55. The Morgan fingerprint density at radius 3 is 2.42 bits per heavy atom. The van der Waals surface area contributed by atoms with Crippen molar-refractivity contribution in [2.75, 3.05) is 11.9 Å². The van der Waals surface area contributed by atoms with Gasteiger partial charge in [-0.1, -0.05) is 24.3 Å². The van der Waals surface area contributed by atoms with E-state index in [-0.39, 0.29) is 24.0 Å². The lowest BCUT2D eigenvalue weighted by Gasteiger charge is -2.21. The highest BCUT2D eigenvalue weighted by molar-refractivity contribution is 6.04. The minimum absolute atomic E-state index is 0.125. The van der Waals surface area contributed by atoms with Crippen LogP contribution in [0.2, 0.25) is 0 Å². The third-order valence-corrected chi connectivity index (χ3v) is 3.64. The first-order chi connectivity index (χ1) is 12.2. The van der Waals surface area contributed by atoms with E-state index < -0.39 is 0 Å². The van der Waals surface area contributed by atoms with E-state index in [2.05, 4.69) is 10.6 Å². The standard InChI is InChI=1S/C21H26N2O3/c1-14-10-11-15(2)18(12-14)26-13-19(24)22-17-9-7-6-8-16(17)20(25)23-21(3,4)5/h6-12H,13H2,1-5H3,(H,22,24)(H,23,25). The minimum Gasteiger partial charge on any atom is -0.483 e. The largest absolute Gasteiger partial charge is 0.483 e. The van der Waals surface area contributed by atoms with Crippen LogP contribution in [0.15, 0.2) is 42.5 Å². The molecule has 0 aliphatic carbocycles. The van der Waals surface area contributed by atoms with Crippen molar-refractivity contribution in [3.63, 3.8) is 0 Å². The van der Waals surface area contributed by atoms with E-state index in [1.807, 2.05) is 52.8 Å². The Morgan fingerprint density at radius 1 is 1.04 bits per heavy atom. The van der Waals surface area contributed by atoms with Crippen LogP contribution < -0.4 is 15.4 Å². The van der Waals surface area contributed by atoms with Gasteiger partial charge in [0, 0.05) is 5.54 Å². The molecule has 2 aromatic carbocycles. The Hall–Kier alpha value is -2.82. The van der Waals surface area contributed by atoms with Gasteiger partial charge in [0.25, 0.3) is 11.8 Å². The summed E-state index contributed by atoms with van der Waals surface area (Å²) in [4.78, 5) is 24.7. The Morgan fingerprint density at radius 2 is 1.73 bits per heavy atom. The molecule has 0 saturated heterocycles. The number of carbonyl (C=O) groups is 2. The van der Waals surface area contributed by atoms with Gasteiger partial charge >= 0.3 is 0 Å². The van der Waals surface area contributed by atoms with Gasteiger partial charge < -0.3 is 15.4 Å². The molecule has 0 aliphatic rings. The Labute approximate surface area is 154 Å². The van der Waals surface area contributed by atoms with Gasteiger partial charge in [-0.25, -0.2) is 0 Å². The second-order valence-electron chi connectivity index (χ2n) is 7.36. The molecule has 0 heterocycles. The van der Waals surface area contributed by atoms with Crippen molar-refractivity contribution in [3.8, 4) is 5.75 Å². The molecular formula is C21H26N2O3. The molecule has 0 fully saturated rings. The van der Waals surface area contributed by atoms with Crippen LogP contribution >= 0.6 is 0 Å². The van der Waals surface area contributed by atoms with Crippen LogP contribution in [0.25, 0.3) is 0 Å². The third-order valence-electron chi connectivity index (χ3n) is 3.64. The third kappa shape index (κ3) is 5.62. The predicted molar refractivity (Wildman–Crippen MR) is 104 cm³/mol. The van der Waals surface area contributed by atoms with E-state index in [4.69, 9.17) is 4.74 Å². The normalized spacial score (nSPS) is 11.0. The smallest absolute Gasteiger partial charge is 0.262 e. The lowest BCUT2D eigenvalue weighted by atomic mass is 10.1. The van der Waals surface area contributed by atoms with Crippen LogP contribution in [-0.2, 0) is 4.79 Å². The predicted octanol–water partition coefficient (Wildman–Crippen LogP) is 3.85. The number of para-hydroxylation sites is 1. The Kier molecular flexibility index (Phi) is 6.03. The molecule has 0 aliphatic heterocycles. The molecule has 0 spiro atoms. The molecule has 2 amide bonds. The maximum Gasteiger partial charge on any atom is 0.262 e. The molecule has 0 bridgehead atoms. The van der Waals surface area contributed by atoms with Crippen LogP contribution in [0.3, 0.4) is 0 Å². The number of carbonyl (C=O) groups excluding carboxylic acids is 2. The van der Waals surface area contributed by atoms with Crippen molar-refractivity contribution in [1.82, 2.24) is 5.32 Å². The maximum atomic E-state index is 12.4. The van der Waals surface area contributed by atoms with Crippen molar-refractivity contribution in [1.29, 1.82) is 0 Å². The van der Waals surface area contributed by atoms with Crippen molar-refractivity contribution >= 4 is 17.5 Å². The van der Waals surface area contributed by atoms with Crippen LogP contribution in [0, 0.1) is 13.8 Å². The average Bonchev–Trinajstić information content (AvgIpc) is 2.54. The minimum atomic E-state index is -0.361. The molecule has 2 rings (SSSR count). The number of ether oxygens (including phenoxy) is 1. The van der Waals surface area contributed by atoms with E-state index >= 15 is 0 Å². The van der Waals surface area contributed by atoms with Crippen molar-refractivity contribution < 1.29 is 14.3 Å². The number of anilines is 1. The van der Waals surface area contributed by atoms with Gasteiger partial charge in [-0.2, -0.15) is 0 Å². The molecule has 26 heavy (non-hydrogen) atoms. The van der Waals surface area contributed by atoms with E-state index in [1.165, 1.54) is 0 Å². The Balaban J connectivity index is 2.05. The maximum absolute atomic E-state index is 12.4. The van der Waals surface area contributed by atoms with Crippen molar-refractivity contribution in [3.05, 3.63) is 59.2 Å². The molecule has 0 aromatic heterocycles. The summed E-state index contributed by atoms with van der Waals surface area (Å²) in [6.45, 7) is 9.49. The number of rotatable bonds is 5. The molecule has 0 unspecified atom stereocenters. The first kappa shape index (κ1) is 19.5. The van der Waals surface area contributed by atoms with Gasteiger partial charge in [-0.3, -0.25) is 9.59 Å². The van der Waals surface area contributed by atoms with Crippen LogP contribution in [0.1, 0.15) is 42.3 Å². The fourth-order valence-corrected chi connectivity index (χ4v) is 2.39.